The van der Waals surface area contributed by atoms with Crippen molar-refractivity contribution in [3.63, 3.8) is 0 Å². The zero-order valence-corrected chi connectivity index (χ0v) is 10.2. The third-order valence-corrected chi connectivity index (χ3v) is 2.40. The Hall–Kier alpha value is -1.30. The molecule has 0 aromatic rings. The Morgan fingerprint density at radius 3 is 2.06 bits per heavy atom. The average Bonchev–Trinajstić information content (AvgIpc) is 2.22. The molecule has 0 radical (unpaired) electrons. The van der Waals surface area contributed by atoms with Crippen molar-refractivity contribution in [2.45, 2.75) is 32.9 Å². The molecule has 0 aromatic carbocycles. The highest BCUT2D eigenvalue weighted by Gasteiger charge is 2.25. The van der Waals surface area contributed by atoms with Crippen LogP contribution < -0.4 is 0 Å². The normalized spacial score (nSPS) is 12.4. The molecular formula is C10H20N2O4. The first kappa shape index (κ1) is 14.7. The predicted molar refractivity (Wildman–Crippen MR) is 59.2 cm³/mol. The van der Waals surface area contributed by atoms with E-state index in [4.69, 9.17) is 10.2 Å². The number of aliphatic hydroxyl groups excluding tert-OH is 1. The molecule has 6 nitrogen and oxygen atoms in total. The van der Waals surface area contributed by atoms with Gasteiger partial charge < -0.3 is 20.0 Å². The highest BCUT2D eigenvalue weighted by atomic mass is 16.4. The van der Waals surface area contributed by atoms with E-state index in [0.29, 0.717) is 0 Å². The highest BCUT2D eigenvalue weighted by Crippen LogP contribution is 2.06. The van der Waals surface area contributed by atoms with Gasteiger partial charge in [0.05, 0.1) is 12.6 Å². The first-order valence-electron chi connectivity index (χ1n) is 5.17. The Morgan fingerprint density at radius 2 is 1.75 bits per heavy atom. The molecule has 0 spiro atoms. The molecule has 0 aliphatic rings. The highest BCUT2D eigenvalue weighted by molar-refractivity contribution is 5.80. The van der Waals surface area contributed by atoms with Gasteiger partial charge in [0, 0.05) is 13.1 Å². The van der Waals surface area contributed by atoms with E-state index < -0.39 is 5.97 Å². The van der Waals surface area contributed by atoms with Gasteiger partial charge in [-0.05, 0) is 20.8 Å². The van der Waals surface area contributed by atoms with E-state index in [9.17, 15) is 9.59 Å². The van der Waals surface area contributed by atoms with Crippen LogP contribution in [-0.4, -0.2) is 64.3 Å². The van der Waals surface area contributed by atoms with Gasteiger partial charge in [-0.3, -0.25) is 4.79 Å². The van der Waals surface area contributed by atoms with Crippen LogP contribution in [0, 0.1) is 0 Å². The quantitative estimate of drug-likeness (QED) is 0.710. The first-order chi connectivity index (χ1) is 7.31. The molecule has 0 rings (SSSR count). The molecule has 0 aliphatic heterocycles. The van der Waals surface area contributed by atoms with Crippen molar-refractivity contribution in [1.82, 2.24) is 9.80 Å². The second-order valence-corrected chi connectivity index (χ2v) is 4.04. The number of carbonyl (C=O) groups is 2. The summed E-state index contributed by atoms with van der Waals surface area (Å²) in [5.41, 5.74) is 0. The van der Waals surface area contributed by atoms with Crippen LogP contribution in [0.3, 0.4) is 0 Å². The molecule has 16 heavy (non-hydrogen) atoms. The van der Waals surface area contributed by atoms with Gasteiger partial charge in [0.25, 0.3) is 0 Å². The molecule has 0 saturated heterocycles. The van der Waals surface area contributed by atoms with Crippen LogP contribution >= 0.6 is 0 Å². The predicted octanol–water partition coefficient (Wildman–Crippen LogP) is 0.214. The van der Waals surface area contributed by atoms with Crippen LogP contribution in [0.25, 0.3) is 0 Å². The van der Waals surface area contributed by atoms with Crippen molar-refractivity contribution in [1.29, 1.82) is 0 Å². The number of hydrogen-bond donors (Lipinski definition) is 2. The van der Waals surface area contributed by atoms with Crippen LogP contribution in [0.4, 0.5) is 4.79 Å². The second kappa shape index (κ2) is 6.32. The van der Waals surface area contributed by atoms with Crippen LogP contribution in [-0.2, 0) is 4.79 Å². The molecule has 1 unspecified atom stereocenters. The Balaban J connectivity index is 4.67. The van der Waals surface area contributed by atoms with Crippen LogP contribution in [0.5, 0.6) is 0 Å². The molecule has 2 amide bonds. The lowest BCUT2D eigenvalue weighted by Crippen LogP contribution is -2.50. The lowest BCUT2D eigenvalue weighted by atomic mass is 10.3. The average molecular weight is 232 g/mol. The van der Waals surface area contributed by atoms with Gasteiger partial charge in [0.1, 0.15) is 6.54 Å². The van der Waals surface area contributed by atoms with E-state index >= 15 is 0 Å². The van der Waals surface area contributed by atoms with E-state index in [1.807, 2.05) is 0 Å². The minimum atomic E-state index is -1.05. The summed E-state index contributed by atoms with van der Waals surface area (Å²) in [4.78, 5) is 25.1. The molecule has 0 saturated carbocycles. The van der Waals surface area contributed by atoms with Crippen molar-refractivity contribution in [3.8, 4) is 0 Å². The van der Waals surface area contributed by atoms with E-state index in [0.717, 1.165) is 0 Å². The Kier molecular flexibility index (Phi) is 5.81. The number of aliphatic carboxylic acids is 1. The standard InChI is InChI=1S/C10H20N2O4/c1-7(2)12(5-9(14)15)10(16)11(4)8(3)6-13/h7-8,13H,5-6H2,1-4H3,(H,14,15). The third-order valence-electron chi connectivity index (χ3n) is 2.40. The summed E-state index contributed by atoms with van der Waals surface area (Å²) >= 11 is 0. The number of carboxylic acid groups (broad SMARTS) is 1. The number of urea groups is 1. The van der Waals surface area contributed by atoms with E-state index in [-0.39, 0.29) is 31.3 Å². The number of amides is 2. The number of carbonyl (C=O) groups excluding carboxylic acids is 1. The maximum Gasteiger partial charge on any atom is 0.323 e. The molecule has 6 heteroatoms. The van der Waals surface area contributed by atoms with Gasteiger partial charge in [-0.2, -0.15) is 0 Å². The molecule has 0 fully saturated rings. The monoisotopic (exact) mass is 232 g/mol. The van der Waals surface area contributed by atoms with Crippen molar-refractivity contribution in [2.75, 3.05) is 20.2 Å². The summed E-state index contributed by atoms with van der Waals surface area (Å²) in [5, 5.41) is 17.6. The SMILES string of the molecule is CC(CO)N(C)C(=O)N(CC(=O)O)C(C)C. The largest absolute Gasteiger partial charge is 0.480 e. The van der Waals surface area contributed by atoms with E-state index in [1.165, 1.54) is 9.80 Å². The zero-order valence-electron chi connectivity index (χ0n) is 10.2. The fraction of sp³-hybridized carbons (Fsp3) is 0.800. The molecule has 0 aliphatic carbocycles. The lowest BCUT2D eigenvalue weighted by molar-refractivity contribution is -0.138. The summed E-state index contributed by atoms with van der Waals surface area (Å²) in [7, 11) is 1.54. The number of aliphatic hydroxyl groups is 1. The Morgan fingerprint density at radius 1 is 1.25 bits per heavy atom. The fourth-order valence-electron chi connectivity index (χ4n) is 1.13. The van der Waals surface area contributed by atoms with Gasteiger partial charge >= 0.3 is 12.0 Å². The number of likely N-dealkylation sites (N-methyl/N-ethyl adjacent to an activating group) is 1. The maximum atomic E-state index is 11.9. The fourth-order valence-corrected chi connectivity index (χ4v) is 1.13. The summed E-state index contributed by atoms with van der Waals surface area (Å²) in [6, 6.07) is -0.918. The van der Waals surface area contributed by atoms with Crippen molar-refractivity contribution in [2.24, 2.45) is 0 Å². The Bertz CT molecular complexity index is 255. The lowest BCUT2D eigenvalue weighted by Gasteiger charge is -2.32. The molecule has 0 aromatic heterocycles. The molecule has 1 atom stereocenters. The Labute approximate surface area is 95.5 Å². The summed E-state index contributed by atoms with van der Waals surface area (Å²) in [5.74, 6) is -1.05. The summed E-state index contributed by atoms with van der Waals surface area (Å²) in [6.07, 6.45) is 0. The van der Waals surface area contributed by atoms with Crippen molar-refractivity contribution < 1.29 is 19.8 Å². The topological polar surface area (TPSA) is 81.1 Å². The molecule has 0 heterocycles. The van der Waals surface area contributed by atoms with E-state index in [2.05, 4.69) is 0 Å². The molecular weight excluding hydrogens is 212 g/mol. The second-order valence-electron chi connectivity index (χ2n) is 4.04. The molecule has 94 valence electrons. The smallest absolute Gasteiger partial charge is 0.323 e. The zero-order chi connectivity index (χ0) is 12.9. The number of carboxylic acids is 1. The number of nitrogens with zero attached hydrogens (tertiary/aromatic N) is 2. The minimum absolute atomic E-state index is 0.152. The van der Waals surface area contributed by atoms with Crippen molar-refractivity contribution in [3.05, 3.63) is 0 Å². The first-order valence-corrected chi connectivity index (χ1v) is 5.17. The van der Waals surface area contributed by atoms with Gasteiger partial charge in [-0.25, -0.2) is 4.79 Å². The van der Waals surface area contributed by atoms with Crippen LogP contribution in [0.15, 0.2) is 0 Å². The molecule has 2 N–H and O–H groups in total. The summed E-state index contributed by atoms with van der Waals surface area (Å²) in [6.45, 7) is 4.70. The van der Waals surface area contributed by atoms with Crippen LogP contribution in [0.1, 0.15) is 20.8 Å². The number of hydrogen-bond acceptors (Lipinski definition) is 3. The van der Waals surface area contributed by atoms with Crippen molar-refractivity contribution >= 4 is 12.0 Å². The number of rotatable bonds is 5. The third kappa shape index (κ3) is 4.06. The van der Waals surface area contributed by atoms with Gasteiger partial charge in [-0.1, -0.05) is 0 Å². The van der Waals surface area contributed by atoms with E-state index in [1.54, 1.807) is 27.8 Å². The summed E-state index contributed by atoms with van der Waals surface area (Å²) < 4.78 is 0. The minimum Gasteiger partial charge on any atom is -0.480 e. The molecule has 0 bridgehead atoms. The van der Waals surface area contributed by atoms with Gasteiger partial charge in [-0.15, -0.1) is 0 Å². The van der Waals surface area contributed by atoms with Crippen LogP contribution in [0.2, 0.25) is 0 Å². The van der Waals surface area contributed by atoms with Gasteiger partial charge in [0.2, 0.25) is 0 Å². The maximum absolute atomic E-state index is 11.9. The van der Waals surface area contributed by atoms with Gasteiger partial charge in [0.15, 0.2) is 0 Å².